The SMILES string of the molecule is c1oc(C2CCCCC2)nc1C1CCNC1. The van der Waals surface area contributed by atoms with E-state index in [1.54, 1.807) is 0 Å². The number of hydrogen-bond acceptors (Lipinski definition) is 3. The minimum Gasteiger partial charge on any atom is -0.448 e. The van der Waals surface area contributed by atoms with Crippen LogP contribution in [-0.4, -0.2) is 18.1 Å². The third-order valence-electron chi connectivity index (χ3n) is 3.97. The fraction of sp³-hybridized carbons (Fsp3) is 0.769. The van der Waals surface area contributed by atoms with Crippen molar-refractivity contribution in [1.29, 1.82) is 0 Å². The van der Waals surface area contributed by atoms with Crippen LogP contribution >= 0.6 is 0 Å². The molecule has 0 radical (unpaired) electrons. The summed E-state index contributed by atoms with van der Waals surface area (Å²) < 4.78 is 5.68. The van der Waals surface area contributed by atoms with Gasteiger partial charge in [0.2, 0.25) is 0 Å². The molecule has 3 rings (SSSR count). The van der Waals surface area contributed by atoms with Gasteiger partial charge >= 0.3 is 0 Å². The average molecular weight is 220 g/mol. The van der Waals surface area contributed by atoms with Crippen molar-refractivity contribution in [3.63, 3.8) is 0 Å². The molecule has 1 saturated heterocycles. The first kappa shape index (κ1) is 10.3. The summed E-state index contributed by atoms with van der Waals surface area (Å²) in [6.45, 7) is 2.19. The van der Waals surface area contributed by atoms with Crippen molar-refractivity contribution in [3.8, 4) is 0 Å². The quantitative estimate of drug-likeness (QED) is 0.832. The van der Waals surface area contributed by atoms with E-state index in [9.17, 15) is 0 Å². The number of oxazole rings is 1. The molecule has 0 spiro atoms. The predicted octanol–water partition coefficient (Wildman–Crippen LogP) is 2.80. The Bertz CT molecular complexity index is 335. The third kappa shape index (κ3) is 2.01. The van der Waals surface area contributed by atoms with Crippen molar-refractivity contribution >= 4 is 0 Å². The van der Waals surface area contributed by atoms with Crippen molar-refractivity contribution < 1.29 is 4.42 Å². The lowest BCUT2D eigenvalue weighted by Gasteiger charge is -2.17. The molecule has 2 fully saturated rings. The first-order valence-corrected chi connectivity index (χ1v) is 6.59. The summed E-state index contributed by atoms with van der Waals surface area (Å²) >= 11 is 0. The van der Waals surface area contributed by atoms with Gasteiger partial charge in [-0.25, -0.2) is 4.98 Å². The van der Waals surface area contributed by atoms with Gasteiger partial charge in [-0.1, -0.05) is 19.3 Å². The number of rotatable bonds is 2. The lowest BCUT2D eigenvalue weighted by molar-refractivity contribution is 0.363. The van der Waals surface area contributed by atoms with Crippen LogP contribution in [-0.2, 0) is 0 Å². The van der Waals surface area contributed by atoms with Crippen LogP contribution in [0.3, 0.4) is 0 Å². The fourth-order valence-corrected chi connectivity index (χ4v) is 2.93. The van der Waals surface area contributed by atoms with E-state index in [1.807, 2.05) is 6.26 Å². The van der Waals surface area contributed by atoms with Crippen molar-refractivity contribution in [2.75, 3.05) is 13.1 Å². The van der Waals surface area contributed by atoms with E-state index in [1.165, 1.54) is 44.2 Å². The van der Waals surface area contributed by atoms with Gasteiger partial charge in [0.25, 0.3) is 0 Å². The Morgan fingerprint density at radius 3 is 2.75 bits per heavy atom. The monoisotopic (exact) mass is 220 g/mol. The van der Waals surface area contributed by atoms with Crippen LogP contribution in [0.15, 0.2) is 10.7 Å². The fourth-order valence-electron chi connectivity index (χ4n) is 2.93. The highest BCUT2D eigenvalue weighted by atomic mass is 16.3. The highest BCUT2D eigenvalue weighted by Crippen LogP contribution is 2.33. The zero-order chi connectivity index (χ0) is 10.8. The maximum atomic E-state index is 5.68. The highest BCUT2D eigenvalue weighted by molar-refractivity contribution is 5.09. The van der Waals surface area contributed by atoms with E-state index in [2.05, 4.69) is 5.32 Å². The molecule has 1 aromatic heterocycles. The molecule has 16 heavy (non-hydrogen) atoms. The molecular weight excluding hydrogens is 200 g/mol. The molecule has 1 aliphatic carbocycles. The maximum Gasteiger partial charge on any atom is 0.197 e. The Labute approximate surface area is 96.6 Å². The highest BCUT2D eigenvalue weighted by Gasteiger charge is 2.24. The van der Waals surface area contributed by atoms with E-state index in [0.29, 0.717) is 11.8 Å². The van der Waals surface area contributed by atoms with Gasteiger partial charge in [-0.2, -0.15) is 0 Å². The van der Waals surface area contributed by atoms with Crippen LogP contribution in [0, 0.1) is 0 Å². The first-order valence-electron chi connectivity index (χ1n) is 6.59. The van der Waals surface area contributed by atoms with Crippen LogP contribution in [0.2, 0.25) is 0 Å². The van der Waals surface area contributed by atoms with E-state index in [-0.39, 0.29) is 0 Å². The van der Waals surface area contributed by atoms with Crippen LogP contribution in [0.5, 0.6) is 0 Å². The molecular formula is C13H20N2O. The van der Waals surface area contributed by atoms with E-state index in [4.69, 9.17) is 9.40 Å². The van der Waals surface area contributed by atoms with Crippen molar-refractivity contribution in [1.82, 2.24) is 10.3 Å². The molecule has 88 valence electrons. The van der Waals surface area contributed by atoms with Gasteiger partial charge in [0.05, 0.1) is 5.69 Å². The number of hydrogen-bond donors (Lipinski definition) is 1. The molecule has 3 heteroatoms. The molecule has 1 saturated carbocycles. The largest absolute Gasteiger partial charge is 0.448 e. The summed E-state index contributed by atoms with van der Waals surface area (Å²) in [6, 6.07) is 0. The number of nitrogens with zero attached hydrogens (tertiary/aromatic N) is 1. The summed E-state index contributed by atoms with van der Waals surface area (Å²) in [5, 5.41) is 3.38. The Balaban J connectivity index is 1.71. The minimum atomic E-state index is 0.584. The van der Waals surface area contributed by atoms with Gasteiger partial charge in [0.1, 0.15) is 6.26 Å². The van der Waals surface area contributed by atoms with Gasteiger partial charge in [-0.15, -0.1) is 0 Å². The molecule has 2 heterocycles. The van der Waals surface area contributed by atoms with Gasteiger partial charge in [0, 0.05) is 18.4 Å². The third-order valence-corrected chi connectivity index (χ3v) is 3.97. The second-order valence-corrected chi connectivity index (χ2v) is 5.14. The van der Waals surface area contributed by atoms with Crippen LogP contribution in [0.4, 0.5) is 0 Å². The molecule has 2 aliphatic rings. The van der Waals surface area contributed by atoms with Gasteiger partial charge in [-0.05, 0) is 25.8 Å². The molecule has 3 nitrogen and oxygen atoms in total. The van der Waals surface area contributed by atoms with Crippen LogP contribution in [0.25, 0.3) is 0 Å². The van der Waals surface area contributed by atoms with Gasteiger partial charge in [0.15, 0.2) is 5.89 Å². The predicted molar refractivity (Wildman–Crippen MR) is 62.6 cm³/mol. The standard InChI is InChI=1S/C13H20N2O/c1-2-4-10(5-3-1)13-15-12(9-16-13)11-6-7-14-8-11/h9-11,14H,1-8H2. The lowest BCUT2D eigenvalue weighted by atomic mass is 9.89. The van der Waals surface area contributed by atoms with E-state index < -0.39 is 0 Å². The molecule has 0 amide bonds. The molecule has 0 aromatic carbocycles. The summed E-state index contributed by atoms with van der Waals surface area (Å²) in [4.78, 5) is 4.71. The second kappa shape index (κ2) is 4.58. The van der Waals surface area contributed by atoms with Gasteiger partial charge in [-0.3, -0.25) is 0 Å². The molecule has 1 aliphatic heterocycles. The Hall–Kier alpha value is -0.830. The summed E-state index contributed by atoms with van der Waals surface area (Å²) in [5.74, 6) is 2.18. The molecule has 1 unspecified atom stereocenters. The number of nitrogens with one attached hydrogen (secondary N) is 1. The summed E-state index contributed by atoms with van der Waals surface area (Å²) in [6.07, 6.45) is 9.70. The van der Waals surface area contributed by atoms with Crippen LogP contribution in [0.1, 0.15) is 61.9 Å². The van der Waals surface area contributed by atoms with E-state index in [0.717, 1.165) is 19.0 Å². The Kier molecular flexibility index (Phi) is 2.96. The average Bonchev–Trinajstić information content (AvgIpc) is 3.01. The van der Waals surface area contributed by atoms with Crippen molar-refractivity contribution in [3.05, 3.63) is 17.8 Å². The molecule has 1 N–H and O–H groups in total. The van der Waals surface area contributed by atoms with Crippen LogP contribution < -0.4 is 5.32 Å². The molecule has 0 bridgehead atoms. The smallest absolute Gasteiger partial charge is 0.197 e. The summed E-state index contributed by atoms with van der Waals surface area (Å²) in [5.41, 5.74) is 1.17. The Morgan fingerprint density at radius 1 is 1.12 bits per heavy atom. The van der Waals surface area contributed by atoms with Crippen molar-refractivity contribution in [2.45, 2.75) is 50.4 Å². The molecule has 1 atom stereocenters. The first-order chi connectivity index (χ1) is 7.93. The maximum absolute atomic E-state index is 5.68. The second-order valence-electron chi connectivity index (χ2n) is 5.14. The van der Waals surface area contributed by atoms with Crippen molar-refractivity contribution in [2.24, 2.45) is 0 Å². The van der Waals surface area contributed by atoms with Gasteiger partial charge < -0.3 is 9.73 Å². The lowest BCUT2D eigenvalue weighted by Crippen LogP contribution is -2.09. The Morgan fingerprint density at radius 2 is 2.00 bits per heavy atom. The summed E-state index contributed by atoms with van der Waals surface area (Å²) in [7, 11) is 0. The minimum absolute atomic E-state index is 0.584. The zero-order valence-electron chi connectivity index (χ0n) is 9.74. The molecule has 1 aromatic rings. The van der Waals surface area contributed by atoms with E-state index >= 15 is 0 Å². The topological polar surface area (TPSA) is 38.1 Å². The zero-order valence-corrected chi connectivity index (χ0v) is 9.74. The normalized spacial score (nSPS) is 27.4. The number of aromatic nitrogens is 1.